The molecule has 0 aromatic carbocycles. The van der Waals surface area contributed by atoms with Crippen LogP contribution in [0.4, 0.5) is 0 Å². The summed E-state index contributed by atoms with van der Waals surface area (Å²) in [5.41, 5.74) is 5.73. The van der Waals surface area contributed by atoms with Crippen molar-refractivity contribution in [3.63, 3.8) is 0 Å². The Bertz CT molecular complexity index is 243. The third-order valence-electron chi connectivity index (χ3n) is 2.54. The zero-order valence-corrected chi connectivity index (χ0v) is 10.3. The van der Waals surface area contributed by atoms with E-state index in [0.717, 1.165) is 6.42 Å². The summed E-state index contributed by atoms with van der Waals surface area (Å²) < 4.78 is 0. The van der Waals surface area contributed by atoms with Crippen LogP contribution in [0, 0.1) is 0 Å². The van der Waals surface area contributed by atoms with Crippen LogP contribution in [0.15, 0.2) is 0 Å². The van der Waals surface area contributed by atoms with Gasteiger partial charge in [0.25, 0.3) is 0 Å². The molecule has 3 N–H and O–H groups in total. The van der Waals surface area contributed by atoms with Crippen LogP contribution in [-0.2, 0) is 9.59 Å². The first-order valence-electron chi connectivity index (χ1n) is 5.71. The van der Waals surface area contributed by atoms with Crippen molar-refractivity contribution in [3.05, 3.63) is 0 Å². The van der Waals surface area contributed by atoms with Crippen LogP contribution >= 0.6 is 0 Å². The maximum Gasteiger partial charge on any atom is 0.305 e. The molecule has 0 aromatic rings. The molecule has 16 heavy (non-hydrogen) atoms. The van der Waals surface area contributed by atoms with Gasteiger partial charge in [-0.25, -0.2) is 0 Å². The average molecular weight is 230 g/mol. The molecule has 5 nitrogen and oxygen atoms in total. The van der Waals surface area contributed by atoms with E-state index in [0.29, 0.717) is 13.0 Å². The van der Waals surface area contributed by atoms with Gasteiger partial charge in [-0.3, -0.25) is 9.59 Å². The highest BCUT2D eigenvalue weighted by Gasteiger charge is 2.24. The molecular weight excluding hydrogens is 208 g/mol. The second-order valence-corrected chi connectivity index (χ2v) is 3.97. The molecule has 0 aliphatic rings. The first-order chi connectivity index (χ1) is 7.43. The lowest BCUT2D eigenvalue weighted by molar-refractivity contribution is -0.140. The van der Waals surface area contributed by atoms with E-state index >= 15 is 0 Å². The molecule has 0 aliphatic carbocycles. The molecule has 94 valence electrons. The molecule has 5 heteroatoms. The van der Waals surface area contributed by atoms with E-state index in [-0.39, 0.29) is 18.4 Å². The summed E-state index contributed by atoms with van der Waals surface area (Å²) >= 11 is 0. The summed E-state index contributed by atoms with van der Waals surface area (Å²) in [5.74, 6) is -1.05. The number of carbonyl (C=O) groups excluding carboxylic acids is 1. The number of nitrogens with two attached hydrogens (primary N) is 1. The van der Waals surface area contributed by atoms with Gasteiger partial charge in [-0.2, -0.15) is 0 Å². The van der Waals surface area contributed by atoms with Crippen LogP contribution in [0.5, 0.6) is 0 Å². The van der Waals surface area contributed by atoms with Crippen molar-refractivity contribution >= 4 is 11.9 Å². The minimum Gasteiger partial charge on any atom is -0.481 e. The van der Waals surface area contributed by atoms with E-state index in [1.165, 1.54) is 4.90 Å². The fourth-order valence-corrected chi connectivity index (χ4v) is 1.70. The molecule has 0 saturated heterocycles. The number of hydrogen-bond donors (Lipinski definition) is 2. The van der Waals surface area contributed by atoms with Gasteiger partial charge in [0.2, 0.25) is 5.91 Å². The monoisotopic (exact) mass is 230 g/mol. The molecule has 0 radical (unpaired) electrons. The third-order valence-corrected chi connectivity index (χ3v) is 2.54. The van der Waals surface area contributed by atoms with Crippen LogP contribution < -0.4 is 5.73 Å². The van der Waals surface area contributed by atoms with Gasteiger partial charge in [-0.15, -0.1) is 0 Å². The molecular formula is C11H22N2O3. The number of aliphatic carboxylic acids is 1. The van der Waals surface area contributed by atoms with Crippen molar-refractivity contribution in [2.45, 2.75) is 52.1 Å². The Morgan fingerprint density at radius 2 is 1.94 bits per heavy atom. The third kappa shape index (κ3) is 4.61. The lowest BCUT2D eigenvalue weighted by atomic mass is 10.1. The predicted molar refractivity (Wildman–Crippen MR) is 62.0 cm³/mol. The van der Waals surface area contributed by atoms with Crippen molar-refractivity contribution in [2.24, 2.45) is 5.73 Å². The predicted octanol–water partition coefficient (Wildman–Crippen LogP) is 0.825. The van der Waals surface area contributed by atoms with Gasteiger partial charge in [-0.1, -0.05) is 13.3 Å². The molecule has 0 bridgehead atoms. The summed E-state index contributed by atoms with van der Waals surface area (Å²) in [5, 5.41) is 8.68. The SMILES string of the molecule is CCC[C@H](N)C(=O)N(CC)C(C)CC(=O)O. The molecule has 0 aromatic heterocycles. The number of likely N-dealkylation sites (N-methyl/N-ethyl adjacent to an activating group) is 1. The van der Waals surface area contributed by atoms with Crippen molar-refractivity contribution < 1.29 is 14.7 Å². The molecule has 0 fully saturated rings. The zero-order chi connectivity index (χ0) is 12.7. The molecule has 1 unspecified atom stereocenters. The molecule has 0 spiro atoms. The van der Waals surface area contributed by atoms with E-state index in [2.05, 4.69) is 0 Å². The Balaban J connectivity index is 4.46. The molecule has 0 aliphatic heterocycles. The number of carboxylic acids is 1. The lowest BCUT2D eigenvalue weighted by Gasteiger charge is -2.29. The van der Waals surface area contributed by atoms with Gasteiger partial charge in [0, 0.05) is 12.6 Å². The molecule has 0 heterocycles. The Morgan fingerprint density at radius 3 is 2.31 bits per heavy atom. The highest BCUT2D eigenvalue weighted by molar-refractivity contribution is 5.82. The fraction of sp³-hybridized carbons (Fsp3) is 0.818. The number of carboxylic acid groups (broad SMARTS) is 1. The van der Waals surface area contributed by atoms with Gasteiger partial charge >= 0.3 is 5.97 Å². The summed E-state index contributed by atoms with van der Waals surface area (Å²) in [6, 6.07) is -0.820. The minimum atomic E-state index is -0.900. The highest BCUT2D eigenvalue weighted by Crippen LogP contribution is 2.08. The van der Waals surface area contributed by atoms with Gasteiger partial charge in [-0.05, 0) is 20.3 Å². The normalized spacial score (nSPS) is 14.2. The van der Waals surface area contributed by atoms with Gasteiger partial charge in [0.1, 0.15) is 0 Å². The Hall–Kier alpha value is -1.10. The lowest BCUT2D eigenvalue weighted by Crippen LogP contribution is -2.48. The number of hydrogen-bond acceptors (Lipinski definition) is 3. The zero-order valence-electron chi connectivity index (χ0n) is 10.3. The topological polar surface area (TPSA) is 83.6 Å². The first-order valence-corrected chi connectivity index (χ1v) is 5.71. The summed E-state index contributed by atoms with van der Waals surface area (Å²) in [4.78, 5) is 24.0. The van der Waals surface area contributed by atoms with Crippen molar-refractivity contribution in [2.75, 3.05) is 6.54 Å². The van der Waals surface area contributed by atoms with Crippen molar-refractivity contribution in [1.29, 1.82) is 0 Å². The fourth-order valence-electron chi connectivity index (χ4n) is 1.70. The Morgan fingerprint density at radius 1 is 1.38 bits per heavy atom. The van der Waals surface area contributed by atoms with Crippen LogP contribution in [0.3, 0.4) is 0 Å². The molecule has 0 saturated carbocycles. The van der Waals surface area contributed by atoms with Gasteiger partial charge in [0.15, 0.2) is 0 Å². The van der Waals surface area contributed by atoms with E-state index in [9.17, 15) is 9.59 Å². The van der Waals surface area contributed by atoms with Crippen LogP contribution in [-0.4, -0.2) is 40.5 Å². The van der Waals surface area contributed by atoms with E-state index in [1.807, 2.05) is 13.8 Å². The van der Waals surface area contributed by atoms with Gasteiger partial charge < -0.3 is 15.7 Å². The highest BCUT2D eigenvalue weighted by atomic mass is 16.4. The van der Waals surface area contributed by atoms with Crippen molar-refractivity contribution in [1.82, 2.24) is 4.90 Å². The average Bonchev–Trinajstić information content (AvgIpc) is 2.17. The summed E-state index contributed by atoms with van der Waals surface area (Å²) in [6.07, 6.45) is 1.44. The number of nitrogens with zero attached hydrogens (tertiary/aromatic N) is 1. The Kier molecular flexibility index (Phi) is 6.72. The van der Waals surface area contributed by atoms with Crippen LogP contribution in [0.1, 0.15) is 40.0 Å². The quantitative estimate of drug-likeness (QED) is 0.678. The summed E-state index contributed by atoms with van der Waals surface area (Å²) in [6.45, 7) is 6.01. The minimum absolute atomic E-state index is 0.0432. The Labute approximate surface area is 96.6 Å². The number of carbonyl (C=O) groups is 2. The second-order valence-electron chi connectivity index (χ2n) is 3.97. The maximum absolute atomic E-state index is 11.9. The van der Waals surface area contributed by atoms with Crippen molar-refractivity contribution in [3.8, 4) is 0 Å². The number of amides is 1. The second kappa shape index (κ2) is 7.22. The maximum atomic E-state index is 11.9. The van der Waals surface area contributed by atoms with Crippen LogP contribution in [0.2, 0.25) is 0 Å². The summed E-state index contributed by atoms with van der Waals surface area (Å²) in [7, 11) is 0. The standard InChI is InChI=1S/C11H22N2O3/c1-4-6-9(12)11(16)13(5-2)8(3)7-10(14)15/h8-9H,4-7,12H2,1-3H3,(H,14,15)/t8?,9-/m0/s1. The van der Waals surface area contributed by atoms with E-state index in [4.69, 9.17) is 10.8 Å². The largest absolute Gasteiger partial charge is 0.481 e. The van der Waals surface area contributed by atoms with Gasteiger partial charge in [0.05, 0.1) is 12.5 Å². The smallest absolute Gasteiger partial charge is 0.305 e. The van der Waals surface area contributed by atoms with Crippen LogP contribution in [0.25, 0.3) is 0 Å². The molecule has 1 amide bonds. The number of rotatable bonds is 7. The van der Waals surface area contributed by atoms with E-state index in [1.54, 1.807) is 6.92 Å². The molecule has 0 rings (SSSR count). The first kappa shape index (κ1) is 14.9. The molecule has 2 atom stereocenters. The van der Waals surface area contributed by atoms with E-state index < -0.39 is 12.0 Å².